The SMILES string of the molecule is Fc1ccc(N/N=C\c2cccc(C(F)(F)F)c2)c(F)c1. The summed E-state index contributed by atoms with van der Waals surface area (Å²) in [7, 11) is 0. The molecule has 1 N–H and O–H groups in total. The van der Waals surface area contributed by atoms with E-state index in [-0.39, 0.29) is 11.3 Å². The smallest absolute Gasteiger partial charge is 0.276 e. The Labute approximate surface area is 116 Å². The maximum atomic E-state index is 13.3. The van der Waals surface area contributed by atoms with Crippen LogP contribution in [0.1, 0.15) is 11.1 Å². The number of benzene rings is 2. The Morgan fingerprint density at radius 2 is 1.76 bits per heavy atom. The van der Waals surface area contributed by atoms with E-state index in [1.807, 2.05) is 0 Å². The van der Waals surface area contributed by atoms with Crippen molar-refractivity contribution in [3.8, 4) is 0 Å². The normalized spacial score (nSPS) is 11.9. The van der Waals surface area contributed by atoms with Crippen LogP contribution < -0.4 is 5.43 Å². The first-order valence-electron chi connectivity index (χ1n) is 5.77. The summed E-state index contributed by atoms with van der Waals surface area (Å²) in [4.78, 5) is 0. The van der Waals surface area contributed by atoms with E-state index in [1.165, 1.54) is 12.1 Å². The molecule has 0 aliphatic carbocycles. The van der Waals surface area contributed by atoms with Crippen molar-refractivity contribution in [2.24, 2.45) is 5.10 Å². The van der Waals surface area contributed by atoms with Crippen molar-refractivity contribution in [1.82, 2.24) is 0 Å². The Morgan fingerprint density at radius 3 is 2.43 bits per heavy atom. The molecule has 7 heteroatoms. The van der Waals surface area contributed by atoms with Crippen molar-refractivity contribution < 1.29 is 22.0 Å². The number of alkyl halides is 3. The molecule has 0 fully saturated rings. The van der Waals surface area contributed by atoms with Gasteiger partial charge < -0.3 is 0 Å². The van der Waals surface area contributed by atoms with Crippen LogP contribution in [0.15, 0.2) is 47.6 Å². The van der Waals surface area contributed by atoms with Crippen molar-refractivity contribution in [3.63, 3.8) is 0 Å². The molecule has 21 heavy (non-hydrogen) atoms. The highest BCUT2D eigenvalue weighted by atomic mass is 19.4. The molecule has 0 atom stereocenters. The molecule has 0 aromatic heterocycles. The Balaban J connectivity index is 2.11. The lowest BCUT2D eigenvalue weighted by Gasteiger charge is -2.06. The third kappa shape index (κ3) is 4.01. The molecule has 0 aliphatic rings. The number of hydrogen-bond donors (Lipinski definition) is 1. The molecular weight excluding hydrogens is 291 g/mol. The zero-order valence-electron chi connectivity index (χ0n) is 10.5. The summed E-state index contributed by atoms with van der Waals surface area (Å²) in [6.07, 6.45) is -3.33. The third-order valence-corrected chi connectivity index (χ3v) is 2.54. The number of nitrogens with zero attached hydrogens (tertiary/aromatic N) is 1. The van der Waals surface area contributed by atoms with E-state index in [9.17, 15) is 22.0 Å². The van der Waals surface area contributed by atoms with Crippen LogP contribution >= 0.6 is 0 Å². The summed E-state index contributed by atoms with van der Waals surface area (Å²) in [5.41, 5.74) is 1.60. The van der Waals surface area contributed by atoms with Crippen LogP contribution in [0.4, 0.5) is 27.6 Å². The van der Waals surface area contributed by atoms with Gasteiger partial charge in [-0.05, 0) is 29.8 Å². The van der Waals surface area contributed by atoms with Crippen LogP contribution in [0.5, 0.6) is 0 Å². The molecule has 0 unspecified atom stereocenters. The third-order valence-electron chi connectivity index (χ3n) is 2.54. The molecule has 0 bridgehead atoms. The maximum absolute atomic E-state index is 13.3. The average molecular weight is 300 g/mol. The van der Waals surface area contributed by atoms with Gasteiger partial charge in [-0.2, -0.15) is 18.3 Å². The Hall–Kier alpha value is -2.44. The molecule has 0 radical (unpaired) electrons. The highest BCUT2D eigenvalue weighted by Gasteiger charge is 2.30. The minimum atomic E-state index is -4.44. The predicted molar refractivity (Wildman–Crippen MR) is 69.0 cm³/mol. The van der Waals surface area contributed by atoms with Crippen LogP contribution in [0, 0.1) is 11.6 Å². The molecular formula is C14H9F5N2. The molecule has 0 spiro atoms. The van der Waals surface area contributed by atoms with Gasteiger partial charge in [0.15, 0.2) is 5.82 Å². The highest BCUT2D eigenvalue weighted by molar-refractivity contribution is 5.80. The Kier molecular flexibility index (Phi) is 4.21. The monoisotopic (exact) mass is 300 g/mol. The number of rotatable bonds is 3. The fraction of sp³-hybridized carbons (Fsp3) is 0.0714. The minimum Gasteiger partial charge on any atom is -0.276 e. The molecule has 2 nitrogen and oxygen atoms in total. The fourth-order valence-corrected chi connectivity index (χ4v) is 1.55. The number of nitrogens with one attached hydrogen (secondary N) is 1. The molecule has 2 rings (SSSR count). The van der Waals surface area contributed by atoms with E-state index in [0.717, 1.165) is 30.5 Å². The molecule has 0 saturated heterocycles. The van der Waals surface area contributed by atoms with Crippen LogP contribution in [0.25, 0.3) is 0 Å². The second-order valence-electron chi connectivity index (χ2n) is 4.12. The second kappa shape index (κ2) is 5.90. The van der Waals surface area contributed by atoms with Gasteiger partial charge in [-0.3, -0.25) is 5.43 Å². The van der Waals surface area contributed by atoms with Gasteiger partial charge in [0, 0.05) is 6.07 Å². The minimum absolute atomic E-state index is 0.0837. The summed E-state index contributed by atoms with van der Waals surface area (Å²) in [5, 5.41) is 3.62. The van der Waals surface area contributed by atoms with Gasteiger partial charge in [0.2, 0.25) is 0 Å². The molecule has 2 aromatic carbocycles. The van der Waals surface area contributed by atoms with Gasteiger partial charge >= 0.3 is 6.18 Å². The van der Waals surface area contributed by atoms with Gasteiger partial charge in [0.05, 0.1) is 17.5 Å². The molecule has 0 amide bonds. The number of halogens is 5. The van der Waals surface area contributed by atoms with E-state index < -0.39 is 23.4 Å². The first kappa shape index (κ1) is 15.0. The second-order valence-corrected chi connectivity index (χ2v) is 4.12. The molecule has 2 aromatic rings. The van der Waals surface area contributed by atoms with Crippen LogP contribution in [-0.2, 0) is 6.18 Å². The lowest BCUT2D eigenvalue weighted by molar-refractivity contribution is -0.137. The molecule has 110 valence electrons. The zero-order valence-corrected chi connectivity index (χ0v) is 10.5. The van der Waals surface area contributed by atoms with E-state index >= 15 is 0 Å². The molecule has 0 saturated carbocycles. The number of hydrazone groups is 1. The van der Waals surface area contributed by atoms with Crippen molar-refractivity contribution in [2.45, 2.75) is 6.18 Å². The fourth-order valence-electron chi connectivity index (χ4n) is 1.55. The van der Waals surface area contributed by atoms with Crippen LogP contribution in [-0.4, -0.2) is 6.21 Å². The summed E-state index contributed by atoms with van der Waals surface area (Å²) < 4.78 is 63.5. The van der Waals surface area contributed by atoms with Gasteiger partial charge in [-0.15, -0.1) is 0 Å². The van der Waals surface area contributed by atoms with Gasteiger partial charge in [-0.25, -0.2) is 8.78 Å². The van der Waals surface area contributed by atoms with Crippen molar-refractivity contribution in [2.75, 3.05) is 5.43 Å². The van der Waals surface area contributed by atoms with E-state index in [0.29, 0.717) is 6.07 Å². The lowest BCUT2D eigenvalue weighted by Crippen LogP contribution is -2.05. The van der Waals surface area contributed by atoms with Crippen LogP contribution in [0.3, 0.4) is 0 Å². The van der Waals surface area contributed by atoms with Gasteiger partial charge in [0.1, 0.15) is 5.82 Å². The number of hydrogen-bond acceptors (Lipinski definition) is 2. The summed E-state index contributed by atoms with van der Waals surface area (Å²) in [6, 6.07) is 7.34. The summed E-state index contributed by atoms with van der Waals surface area (Å²) in [5.74, 6) is -1.59. The summed E-state index contributed by atoms with van der Waals surface area (Å²) >= 11 is 0. The van der Waals surface area contributed by atoms with Gasteiger partial charge in [0.25, 0.3) is 0 Å². The highest BCUT2D eigenvalue weighted by Crippen LogP contribution is 2.29. The van der Waals surface area contributed by atoms with Crippen molar-refractivity contribution >= 4 is 11.9 Å². The topological polar surface area (TPSA) is 24.4 Å². The first-order valence-corrected chi connectivity index (χ1v) is 5.77. The number of anilines is 1. The van der Waals surface area contributed by atoms with Crippen molar-refractivity contribution in [1.29, 1.82) is 0 Å². The molecule has 0 heterocycles. The summed E-state index contributed by atoms with van der Waals surface area (Å²) in [6.45, 7) is 0. The lowest BCUT2D eigenvalue weighted by atomic mass is 10.1. The maximum Gasteiger partial charge on any atom is 0.416 e. The quantitative estimate of drug-likeness (QED) is 0.506. The average Bonchev–Trinajstić information content (AvgIpc) is 2.41. The standard InChI is InChI=1S/C14H9F5N2/c15-11-4-5-13(12(16)7-11)21-20-8-9-2-1-3-10(6-9)14(17,18)19/h1-8,21H/b20-8-. The first-order chi connectivity index (χ1) is 9.86. The largest absolute Gasteiger partial charge is 0.416 e. The van der Waals surface area contributed by atoms with E-state index in [4.69, 9.17) is 0 Å². The van der Waals surface area contributed by atoms with Crippen LogP contribution in [0.2, 0.25) is 0 Å². The van der Waals surface area contributed by atoms with Crippen molar-refractivity contribution in [3.05, 3.63) is 65.2 Å². The zero-order chi connectivity index (χ0) is 15.5. The van der Waals surface area contributed by atoms with Gasteiger partial charge in [-0.1, -0.05) is 12.1 Å². The van der Waals surface area contributed by atoms with E-state index in [2.05, 4.69) is 10.5 Å². The van der Waals surface area contributed by atoms with E-state index in [1.54, 1.807) is 0 Å². The molecule has 0 aliphatic heterocycles. The Bertz CT molecular complexity index is 665. The predicted octanol–water partition coefficient (Wildman–Crippen LogP) is 4.43. The Morgan fingerprint density at radius 1 is 1.00 bits per heavy atom.